The van der Waals surface area contributed by atoms with Gasteiger partial charge in [-0.15, -0.1) is 0 Å². The molecule has 0 saturated carbocycles. The quantitative estimate of drug-likeness (QED) is 0.665. The molecule has 2 nitrogen and oxygen atoms in total. The van der Waals surface area contributed by atoms with E-state index in [1.807, 2.05) is 12.1 Å². The van der Waals surface area contributed by atoms with Crippen LogP contribution in [-0.4, -0.2) is 10.8 Å². The van der Waals surface area contributed by atoms with E-state index in [4.69, 9.17) is 0 Å². The summed E-state index contributed by atoms with van der Waals surface area (Å²) >= 11 is 0. The molecule has 1 rings (SSSR count). The lowest BCUT2D eigenvalue weighted by Gasteiger charge is -2.11. The van der Waals surface area contributed by atoms with Crippen LogP contribution >= 0.6 is 0 Å². The number of rotatable bonds is 6. The molecule has 0 bridgehead atoms. The summed E-state index contributed by atoms with van der Waals surface area (Å²) in [7, 11) is 0. The van der Waals surface area contributed by atoms with E-state index >= 15 is 0 Å². The Morgan fingerprint density at radius 3 is 2.73 bits per heavy atom. The first-order valence-electron chi connectivity index (χ1n) is 5.72. The molecule has 0 spiro atoms. The average molecular weight is 205 g/mol. The second-order valence-electron chi connectivity index (χ2n) is 3.91. The van der Waals surface area contributed by atoms with Crippen LogP contribution < -0.4 is 0 Å². The van der Waals surface area contributed by atoms with Gasteiger partial charge in [0.05, 0.1) is 0 Å². The molecule has 0 N–H and O–H groups in total. The van der Waals surface area contributed by atoms with Crippen LogP contribution in [0.5, 0.6) is 0 Å². The minimum absolute atomic E-state index is 0.177. The highest BCUT2D eigenvalue weighted by Gasteiger charge is 2.13. The predicted molar refractivity (Wildman–Crippen MR) is 61.9 cm³/mol. The molecular formula is C13H19NO. The van der Waals surface area contributed by atoms with Crippen molar-refractivity contribution in [1.29, 1.82) is 0 Å². The molecule has 1 heterocycles. The Kier molecular flexibility index (Phi) is 5.02. The zero-order valence-electron chi connectivity index (χ0n) is 9.57. The van der Waals surface area contributed by atoms with Gasteiger partial charge in [-0.05, 0) is 18.1 Å². The van der Waals surface area contributed by atoms with Crippen LogP contribution in [-0.2, 0) is 0 Å². The van der Waals surface area contributed by atoms with Crippen LogP contribution in [0.1, 0.15) is 50.0 Å². The summed E-state index contributed by atoms with van der Waals surface area (Å²) in [5.74, 6) is 0.695. The SMILES string of the molecule is CCCC(CC)CC(=O)c1ccccn1. The highest BCUT2D eigenvalue weighted by Crippen LogP contribution is 2.17. The number of aromatic nitrogens is 1. The highest BCUT2D eigenvalue weighted by molar-refractivity contribution is 5.94. The van der Waals surface area contributed by atoms with Gasteiger partial charge < -0.3 is 0 Å². The second kappa shape index (κ2) is 6.33. The largest absolute Gasteiger partial charge is 0.292 e. The molecule has 0 amide bonds. The summed E-state index contributed by atoms with van der Waals surface area (Å²) in [6, 6.07) is 5.49. The molecule has 1 atom stereocenters. The number of nitrogens with zero attached hydrogens (tertiary/aromatic N) is 1. The van der Waals surface area contributed by atoms with Crippen molar-refractivity contribution in [3.8, 4) is 0 Å². The first-order valence-corrected chi connectivity index (χ1v) is 5.72. The average Bonchev–Trinajstić information content (AvgIpc) is 2.29. The van der Waals surface area contributed by atoms with Crippen LogP contribution in [0.2, 0.25) is 0 Å². The Morgan fingerprint density at radius 2 is 2.20 bits per heavy atom. The molecule has 1 unspecified atom stereocenters. The van der Waals surface area contributed by atoms with Gasteiger partial charge >= 0.3 is 0 Å². The summed E-state index contributed by atoms with van der Waals surface area (Å²) in [5.41, 5.74) is 0.604. The summed E-state index contributed by atoms with van der Waals surface area (Å²) in [6.45, 7) is 4.31. The van der Waals surface area contributed by atoms with Gasteiger partial charge in [0.25, 0.3) is 0 Å². The van der Waals surface area contributed by atoms with Gasteiger partial charge in [0.1, 0.15) is 5.69 Å². The van der Waals surface area contributed by atoms with Gasteiger partial charge in [-0.1, -0.05) is 39.2 Å². The van der Waals surface area contributed by atoms with Crippen molar-refractivity contribution in [1.82, 2.24) is 4.98 Å². The molecule has 2 heteroatoms. The maximum Gasteiger partial charge on any atom is 0.181 e. The van der Waals surface area contributed by atoms with Gasteiger partial charge in [-0.2, -0.15) is 0 Å². The van der Waals surface area contributed by atoms with Crippen LogP contribution in [0.3, 0.4) is 0 Å². The fourth-order valence-corrected chi connectivity index (χ4v) is 1.75. The molecule has 1 aromatic heterocycles. The van der Waals surface area contributed by atoms with E-state index < -0.39 is 0 Å². The smallest absolute Gasteiger partial charge is 0.181 e. The third kappa shape index (κ3) is 3.82. The molecule has 0 aromatic carbocycles. The van der Waals surface area contributed by atoms with E-state index in [1.54, 1.807) is 12.3 Å². The van der Waals surface area contributed by atoms with E-state index in [9.17, 15) is 4.79 Å². The van der Waals surface area contributed by atoms with E-state index in [2.05, 4.69) is 18.8 Å². The van der Waals surface area contributed by atoms with Crippen molar-refractivity contribution < 1.29 is 4.79 Å². The van der Waals surface area contributed by atoms with Crippen molar-refractivity contribution in [3.63, 3.8) is 0 Å². The zero-order chi connectivity index (χ0) is 11.1. The van der Waals surface area contributed by atoms with E-state index in [-0.39, 0.29) is 5.78 Å². The van der Waals surface area contributed by atoms with Crippen molar-refractivity contribution in [2.24, 2.45) is 5.92 Å². The molecule has 15 heavy (non-hydrogen) atoms. The molecule has 0 saturated heterocycles. The van der Waals surface area contributed by atoms with Gasteiger partial charge in [0.15, 0.2) is 5.78 Å². The van der Waals surface area contributed by atoms with E-state index in [1.165, 1.54) is 0 Å². The standard InChI is InChI=1S/C13H19NO/c1-3-7-11(4-2)10-13(15)12-8-5-6-9-14-12/h5-6,8-9,11H,3-4,7,10H2,1-2H3. The van der Waals surface area contributed by atoms with Gasteiger partial charge in [-0.3, -0.25) is 9.78 Å². The van der Waals surface area contributed by atoms with Crippen molar-refractivity contribution in [3.05, 3.63) is 30.1 Å². The fourth-order valence-electron chi connectivity index (χ4n) is 1.75. The van der Waals surface area contributed by atoms with Gasteiger partial charge in [0, 0.05) is 12.6 Å². The first-order chi connectivity index (χ1) is 7.27. The number of ketones is 1. The third-order valence-electron chi connectivity index (χ3n) is 2.70. The Bertz CT molecular complexity index is 295. The van der Waals surface area contributed by atoms with Gasteiger partial charge in [0.2, 0.25) is 0 Å². The summed E-state index contributed by atoms with van der Waals surface area (Å²) < 4.78 is 0. The lowest BCUT2D eigenvalue weighted by atomic mass is 9.94. The maximum atomic E-state index is 11.8. The summed E-state index contributed by atoms with van der Waals surface area (Å²) in [5, 5.41) is 0. The molecule has 82 valence electrons. The number of carbonyl (C=O) groups excluding carboxylic acids is 1. The van der Waals surface area contributed by atoms with E-state index in [0.717, 1.165) is 19.3 Å². The number of carbonyl (C=O) groups is 1. The van der Waals surface area contributed by atoms with E-state index in [0.29, 0.717) is 18.0 Å². The molecule has 0 aliphatic carbocycles. The number of hydrogen-bond donors (Lipinski definition) is 0. The van der Waals surface area contributed by atoms with Crippen LogP contribution in [0.15, 0.2) is 24.4 Å². The second-order valence-corrected chi connectivity index (χ2v) is 3.91. The summed E-state index contributed by atoms with van der Waals surface area (Å²) in [6.07, 6.45) is 5.67. The Hall–Kier alpha value is -1.18. The van der Waals surface area contributed by atoms with Crippen LogP contribution in [0.25, 0.3) is 0 Å². The lowest BCUT2D eigenvalue weighted by Crippen LogP contribution is -2.09. The topological polar surface area (TPSA) is 30.0 Å². The normalized spacial score (nSPS) is 12.4. The van der Waals surface area contributed by atoms with Crippen molar-refractivity contribution in [2.45, 2.75) is 39.5 Å². The monoisotopic (exact) mass is 205 g/mol. The van der Waals surface area contributed by atoms with Gasteiger partial charge in [-0.25, -0.2) is 0 Å². The number of Topliss-reactive ketones (excluding diaryl/α,β-unsaturated/α-hetero) is 1. The molecule has 0 fully saturated rings. The zero-order valence-corrected chi connectivity index (χ0v) is 9.57. The minimum atomic E-state index is 0.177. The predicted octanol–water partition coefficient (Wildman–Crippen LogP) is 3.48. The lowest BCUT2D eigenvalue weighted by molar-refractivity contribution is 0.0952. The molecular weight excluding hydrogens is 186 g/mol. The van der Waals surface area contributed by atoms with Crippen LogP contribution in [0, 0.1) is 5.92 Å². The number of pyridine rings is 1. The van der Waals surface area contributed by atoms with Crippen molar-refractivity contribution >= 4 is 5.78 Å². The Morgan fingerprint density at radius 1 is 1.40 bits per heavy atom. The minimum Gasteiger partial charge on any atom is -0.292 e. The maximum absolute atomic E-state index is 11.8. The first kappa shape index (κ1) is 11.9. The third-order valence-corrected chi connectivity index (χ3v) is 2.70. The fraction of sp³-hybridized carbons (Fsp3) is 0.538. The molecule has 0 aliphatic heterocycles. The van der Waals surface area contributed by atoms with Crippen molar-refractivity contribution in [2.75, 3.05) is 0 Å². The summed E-state index contributed by atoms with van der Waals surface area (Å²) in [4.78, 5) is 15.9. The Balaban J connectivity index is 2.55. The molecule has 0 radical (unpaired) electrons. The number of hydrogen-bond acceptors (Lipinski definition) is 2. The molecule has 0 aliphatic rings. The van der Waals surface area contributed by atoms with Crippen LogP contribution in [0.4, 0.5) is 0 Å². The highest BCUT2D eigenvalue weighted by atomic mass is 16.1. The Labute approximate surface area is 91.7 Å². The molecule has 1 aromatic rings.